The van der Waals surface area contributed by atoms with E-state index in [1.807, 2.05) is 0 Å². The highest BCUT2D eigenvalue weighted by Gasteiger charge is 2.62. The van der Waals surface area contributed by atoms with Crippen LogP contribution < -0.4 is 0 Å². The number of ether oxygens (including phenoxy) is 2. The number of hydrogen-bond donors (Lipinski definition) is 0. The van der Waals surface area contributed by atoms with Gasteiger partial charge in [-0.05, 0) is 79.4 Å². The van der Waals surface area contributed by atoms with Crippen LogP contribution in [-0.4, -0.2) is 19.5 Å². The van der Waals surface area contributed by atoms with E-state index in [2.05, 4.69) is 20.8 Å². The molecule has 4 bridgehead atoms. The highest BCUT2D eigenvalue weighted by Crippen LogP contribution is 2.67. The molecule has 120 valence electrons. The second kappa shape index (κ2) is 5.23. The second-order valence-corrected chi connectivity index (χ2v) is 9.07. The molecular weight excluding hydrogens is 260 g/mol. The van der Waals surface area contributed by atoms with E-state index in [-0.39, 0.29) is 5.41 Å². The number of hydrogen-bond acceptors (Lipinski definition) is 2. The zero-order valence-corrected chi connectivity index (χ0v) is 14.0. The molecule has 0 saturated heterocycles. The summed E-state index contributed by atoms with van der Waals surface area (Å²) < 4.78 is 12.0. The number of rotatable bonds is 6. The maximum Gasteiger partial charge on any atom is 0.147 e. The van der Waals surface area contributed by atoms with E-state index in [1.165, 1.54) is 25.7 Å². The number of fused-ring (bicyclic) bond motifs is 9. The quantitative estimate of drug-likeness (QED) is 0.408. The van der Waals surface area contributed by atoms with E-state index >= 15 is 0 Å². The Balaban J connectivity index is 1.28. The molecule has 4 saturated carbocycles. The standard InChI is InChI=1S/C19H32O2/c1-4-19(2,3)10-20-11-21-16-9-14-8-15(16)18-13-6-5-12(7-13)17(14)18/h12-18H,4-11H2,1-3H3. The van der Waals surface area contributed by atoms with Crippen molar-refractivity contribution in [2.75, 3.05) is 13.4 Å². The first kappa shape index (κ1) is 14.5. The highest BCUT2D eigenvalue weighted by molar-refractivity contribution is 5.11. The average molecular weight is 292 g/mol. The van der Waals surface area contributed by atoms with Gasteiger partial charge in [0.25, 0.3) is 0 Å². The van der Waals surface area contributed by atoms with Crippen molar-refractivity contribution in [2.45, 2.75) is 65.4 Å². The Morgan fingerprint density at radius 2 is 1.71 bits per heavy atom. The summed E-state index contributed by atoms with van der Waals surface area (Å²) in [5.41, 5.74) is 0.285. The Morgan fingerprint density at radius 3 is 2.48 bits per heavy atom. The summed E-state index contributed by atoms with van der Waals surface area (Å²) in [6.07, 6.45) is 9.08. The minimum atomic E-state index is 0.285. The van der Waals surface area contributed by atoms with Gasteiger partial charge in [0, 0.05) is 0 Å². The van der Waals surface area contributed by atoms with Crippen LogP contribution >= 0.6 is 0 Å². The van der Waals surface area contributed by atoms with Crippen LogP contribution in [0.25, 0.3) is 0 Å². The Morgan fingerprint density at radius 1 is 0.952 bits per heavy atom. The van der Waals surface area contributed by atoms with Crippen LogP contribution in [0.3, 0.4) is 0 Å². The van der Waals surface area contributed by atoms with Crippen LogP contribution in [0.5, 0.6) is 0 Å². The van der Waals surface area contributed by atoms with Crippen LogP contribution in [0.15, 0.2) is 0 Å². The van der Waals surface area contributed by atoms with Crippen LogP contribution in [0.4, 0.5) is 0 Å². The van der Waals surface area contributed by atoms with Crippen molar-refractivity contribution < 1.29 is 9.47 Å². The lowest BCUT2D eigenvalue weighted by molar-refractivity contribution is -0.131. The van der Waals surface area contributed by atoms with Crippen molar-refractivity contribution >= 4 is 0 Å². The molecule has 0 spiro atoms. The minimum Gasteiger partial charge on any atom is -0.355 e. The third kappa shape index (κ3) is 2.37. The SMILES string of the molecule is CCC(C)(C)COCOC1CC2CC1C1C3CCC(C3)C21. The average Bonchev–Trinajstić information content (AvgIpc) is 3.20. The lowest BCUT2D eigenvalue weighted by Crippen LogP contribution is -2.37. The van der Waals surface area contributed by atoms with E-state index in [0.29, 0.717) is 12.9 Å². The van der Waals surface area contributed by atoms with E-state index in [1.54, 1.807) is 6.42 Å². The molecule has 7 atom stereocenters. The van der Waals surface area contributed by atoms with E-state index in [0.717, 1.165) is 48.5 Å². The Bertz CT molecular complexity index is 391. The third-order valence-electron chi connectivity index (χ3n) is 7.49. The normalized spacial score (nSPS) is 47.3. The molecule has 2 nitrogen and oxygen atoms in total. The van der Waals surface area contributed by atoms with Crippen molar-refractivity contribution in [3.63, 3.8) is 0 Å². The van der Waals surface area contributed by atoms with Gasteiger partial charge in [-0.3, -0.25) is 0 Å². The topological polar surface area (TPSA) is 18.5 Å². The molecule has 0 N–H and O–H groups in total. The molecule has 0 heterocycles. The summed E-state index contributed by atoms with van der Waals surface area (Å²) in [5.74, 6) is 6.14. The molecule has 4 aliphatic rings. The molecule has 21 heavy (non-hydrogen) atoms. The zero-order chi connectivity index (χ0) is 14.6. The van der Waals surface area contributed by atoms with Crippen molar-refractivity contribution in [2.24, 2.45) is 40.9 Å². The van der Waals surface area contributed by atoms with Gasteiger partial charge < -0.3 is 9.47 Å². The van der Waals surface area contributed by atoms with Gasteiger partial charge in [-0.15, -0.1) is 0 Å². The summed E-state index contributed by atoms with van der Waals surface area (Å²) in [6.45, 7) is 8.11. The maximum atomic E-state index is 6.17. The monoisotopic (exact) mass is 292 g/mol. The van der Waals surface area contributed by atoms with Crippen LogP contribution in [0.2, 0.25) is 0 Å². The fourth-order valence-corrected chi connectivity index (χ4v) is 6.25. The molecule has 2 heteroatoms. The van der Waals surface area contributed by atoms with Crippen LogP contribution in [-0.2, 0) is 9.47 Å². The van der Waals surface area contributed by atoms with Crippen molar-refractivity contribution in [1.29, 1.82) is 0 Å². The van der Waals surface area contributed by atoms with E-state index < -0.39 is 0 Å². The molecule has 0 radical (unpaired) electrons. The van der Waals surface area contributed by atoms with Crippen molar-refractivity contribution in [3.8, 4) is 0 Å². The predicted molar refractivity (Wildman–Crippen MR) is 83.8 cm³/mol. The van der Waals surface area contributed by atoms with E-state index in [9.17, 15) is 0 Å². The second-order valence-electron chi connectivity index (χ2n) is 9.07. The Kier molecular flexibility index (Phi) is 3.61. The first-order valence-electron chi connectivity index (χ1n) is 9.28. The van der Waals surface area contributed by atoms with Gasteiger partial charge in [-0.25, -0.2) is 0 Å². The molecule has 0 aromatic heterocycles. The van der Waals surface area contributed by atoms with Gasteiger partial charge in [0.05, 0.1) is 12.7 Å². The maximum absolute atomic E-state index is 6.17. The molecule has 0 aromatic rings. The smallest absolute Gasteiger partial charge is 0.147 e. The lowest BCUT2D eigenvalue weighted by Gasteiger charge is -2.38. The van der Waals surface area contributed by atoms with Crippen molar-refractivity contribution in [3.05, 3.63) is 0 Å². The van der Waals surface area contributed by atoms with E-state index in [4.69, 9.17) is 9.47 Å². The molecule has 7 unspecified atom stereocenters. The summed E-state index contributed by atoms with van der Waals surface area (Å²) in [7, 11) is 0. The third-order valence-corrected chi connectivity index (χ3v) is 7.49. The molecule has 0 amide bonds. The molecule has 0 aliphatic heterocycles. The van der Waals surface area contributed by atoms with Gasteiger partial charge >= 0.3 is 0 Å². The highest BCUT2D eigenvalue weighted by atomic mass is 16.7. The molecule has 0 aromatic carbocycles. The van der Waals surface area contributed by atoms with Crippen LogP contribution in [0, 0.1) is 40.9 Å². The van der Waals surface area contributed by atoms with Gasteiger partial charge in [0.15, 0.2) is 0 Å². The molecular formula is C19H32O2. The first-order chi connectivity index (χ1) is 10.1. The summed E-state index contributed by atoms with van der Waals surface area (Å²) in [5, 5.41) is 0. The molecule has 4 aliphatic carbocycles. The van der Waals surface area contributed by atoms with Crippen LogP contribution in [0.1, 0.15) is 59.3 Å². The van der Waals surface area contributed by atoms with Gasteiger partial charge in [-0.1, -0.05) is 20.8 Å². The predicted octanol–water partition coefficient (Wildman–Crippen LogP) is 4.48. The van der Waals surface area contributed by atoms with Crippen molar-refractivity contribution in [1.82, 2.24) is 0 Å². The fourth-order valence-electron chi connectivity index (χ4n) is 6.25. The first-order valence-corrected chi connectivity index (χ1v) is 9.28. The minimum absolute atomic E-state index is 0.285. The summed E-state index contributed by atoms with van der Waals surface area (Å²) in [4.78, 5) is 0. The van der Waals surface area contributed by atoms with Gasteiger partial charge in [0.2, 0.25) is 0 Å². The molecule has 4 rings (SSSR count). The lowest BCUT2D eigenvalue weighted by atomic mass is 9.70. The summed E-state index contributed by atoms with van der Waals surface area (Å²) in [6, 6.07) is 0. The molecule has 4 fully saturated rings. The Hall–Kier alpha value is -0.0800. The van der Waals surface area contributed by atoms with Gasteiger partial charge in [0.1, 0.15) is 6.79 Å². The fraction of sp³-hybridized carbons (Fsp3) is 1.00. The Labute approximate surface area is 130 Å². The summed E-state index contributed by atoms with van der Waals surface area (Å²) >= 11 is 0. The largest absolute Gasteiger partial charge is 0.355 e. The zero-order valence-electron chi connectivity index (χ0n) is 14.0. The van der Waals surface area contributed by atoms with Gasteiger partial charge in [-0.2, -0.15) is 0 Å².